The molecule has 2 aromatic heterocycles. The third kappa shape index (κ3) is 5.22. The third-order valence-corrected chi connectivity index (χ3v) is 8.04. The van der Waals surface area contributed by atoms with Crippen molar-refractivity contribution in [3.8, 4) is 11.1 Å². The second-order valence-corrected chi connectivity index (χ2v) is 10.9. The number of aromatic amines is 1. The second kappa shape index (κ2) is 10.3. The fourth-order valence-corrected chi connectivity index (χ4v) is 5.72. The number of carbonyl (C=O) groups excluding carboxylic acids is 1. The quantitative estimate of drug-likeness (QED) is 0.202. The summed E-state index contributed by atoms with van der Waals surface area (Å²) in [4.78, 5) is 34.2. The smallest absolute Gasteiger partial charge is 0.260 e. The summed E-state index contributed by atoms with van der Waals surface area (Å²) in [5, 5.41) is 6.08. The van der Waals surface area contributed by atoms with Crippen molar-refractivity contribution in [2.24, 2.45) is 0 Å². The van der Waals surface area contributed by atoms with E-state index in [0.717, 1.165) is 16.7 Å². The number of halogens is 1. The van der Waals surface area contributed by atoms with E-state index in [1.165, 1.54) is 28.7 Å². The van der Waals surface area contributed by atoms with Crippen LogP contribution in [-0.4, -0.2) is 21.1 Å². The number of anilines is 1. The second-order valence-electron chi connectivity index (χ2n) is 8.44. The predicted octanol–water partition coefficient (Wildman–Crippen LogP) is 7.25. The van der Waals surface area contributed by atoms with Crippen molar-refractivity contribution in [3.05, 3.63) is 74.3 Å². The highest BCUT2D eigenvalue weighted by Crippen LogP contribution is 2.33. The van der Waals surface area contributed by atoms with Crippen LogP contribution >= 0.6 is 34.7 Å². The van der Waals surface area contributed by atoms with E-state index >= 15 is 0 Å². The van der Waals surface area contributed by atoms with E-state index in [0.29, 0.717) is 38.4 Å². The van der Waals surface area contributed by atoms with Gasteiger partial charge in [0, 0.05) is 21.7 Å². The van der Waals surface area contributed by atoms with Crippen molar-refractivity contribution >= 4 is 56.5 Å². The first-order valence-corrected chi connectivity index (χ1v) is 13.3. The van der Waals surface area contributed by atoms with Gasteiger partial charge >= 0.3 is 0 Å². The Hall–Kier alpha value is -2.61. The van der Waals surface area contributed by atoms with Gasteiger partial charge in [-0.15, -0.1) is 11.3 Å². The Morgan fingerprint density at radius 2 is 1.94 bits per heavy atom. The van der Waals surface area contributed by atoms with E-state index in [-0.39, 0.29) is 11.5 Å². The number of hydrogen-bond donors (Lipinski definition) is 2. The summed E-state index contributed by atoms with van der Waals surface area (Å²) in [5.74, 6) is 0.294. The molecule has 1 unspecified atom stereocenters. The van der Waals surface area contributed by atoms with Crippen LogP contribution in [0.5, 0.6) is 0 Å². The van der Waals surface area contributed by atoms with Crippen LogP contribution in [0.1, 0.15) is 44.2 Å². The molecule has 0 aliphatic carbocycles. The van der Waals surface area contributed by atoms with Gasteiger partial charge in [0.05, 0.1) is 10.6 Å². The van der Waals surface area contributed by atoms with Gasteiger partial charge in [0.25, 0.3) is 5.56 Å². The summed E-state index contributed by atoms with van der Waals surface area (Å²) in [7, 11) is 0. The molecule has 0 spiro atoms. The molecular weight excluding hydrogens is 486 g/mol. The molecule has 0 bridgehead atoms. The number of nitrogens with one attached hydrogen (secondary N) is 2. The largest absolute Gasteiger partial charge is 0.325 e. The Labute approximate surface area is 212 Å². The van der Waals surface area contributed by atoms with Crippen molar-refractivity contribution in [1.29, 1.82) is 0 Å². The van der Waals surface area contributed by atoms with Gasteiger partial charge < -0.3 is 10.3 Å². The van der Waals surface area contributed by atoms with E-state index in [4.69, 9.17) is 11.6 Å². The summed E-state index contributed by atoms with van der Waals surface area (Å²) in [6.07, 6.45) is 0.579. The highest BCUT2D eigenvalue weighted by atomic mass is 35.5. The molecule has 176 valence electrons. The summed E-state index contributed by atoms with van der Waals surface area (Å²) >= 11 is 8.78. The standard InChI is InChI=1S/C26H26ClN3O2S2/c1-5-21(23(31)28-20-12-18(27)11-6-15(20)4)34-26-29-24(32)22-19(13-33-25(22)30-26)17-9-7-16(8-10-17)14(2)3/h6-14,21H,5H2,1-4H3,(H,28,31)(H,29,30,32). The van der Waals surface area contributed by atoms with Crippen LogP contribution in [0.2, 0.25) is 5.02 Å². The molecule has 2 N–H and O–H groups in total. The van der Waals surface area contributed by atoms with Gasteiger partial charge in [-0.2, -0.15) is 0 Å². The van der Waals surface area contributed by atoms with Crippen LogP contribution in [-0.2, 0) is 4.79 Å². The third-order valence-electron chi connectivity index (χ3n) is 5.69. The molecular formula is C26H26ClN3O2S2. The molecule has 0 saturated heterocycles. The SMILES string of the molecule is CCC(Sc1nc2scc(-c3ccc(C(C)C)cc3)c2c(=O)[nH]1)C(=O)Nc1cc(Cl)ccc1C. The topological polar surface area (TPSA) is 74.8 Å². The monoisotopic (exact) mass is 511 g/mol. The van der Waals surface area contributed by atoms with Gasteiger partial charge in [0.1, 0.15) is 4.83 Å². The molecule has 0 aliphatic heterocycles. The predicted molar refractivity (Wildman–Crippen MR) is 145 cm³/mol. The number of thioether (sulfide) groups is 1. The van der Waals surface area contributed by atoms with Crippen molar-refractivity contribution in [2.45, 2.75) is 50.4 Å². The van der Waals surface area contributed by atoms with Crippen LogP contribution in [0.3, 0.4) is 0 Å². The lowest BCUT2D eigenvalue weighted by Crippen LogP contribution is -2.25. The van der Waals surface area contributed by atoms with E-state index in [2.05, 4.69) is 41.3 Å². The van der Waals surface area contributed by atoms with Crippen LogP contribution in [0, 0.1) is 6.92 Å². The molecule has 0 fully saturated rings. The number of amides is 1. The van der Waals surface area contributed by atoms with Crippen LogP contribution in [0.15, 0.2) is 57.8 Å². The molecule has 2 aromatic carbocycles. The van der Waals surface area contributed by atoms with E-state index in [9.17, 15) is 9.59 Å². The molecule has 1 amide bonds. The lowest BCUT2D eigenvalue weighted by atomic mass is 9.99. The lowest BCUT2D eigenvalue weighted by Gasteiger charge is -2.15. The summed E-state index contributed by atoms with van der Waals surface area (Å²) < 4.78 is 0. The fraction of sp³-hybridized carbons (Fsp3) is 0.269. The Morgan fingerprint density at radius 3 is 2.62 bits per heavy atom. The highest BCUT2D eigenvalue weighted by Gasteiger charge is 2.21. The number of H-pyrrole nitrogens is 1. The zero-order valence-electron chi connectivity index (χ0n) is 19.4. The maximum Gasteiger partial charge on any atom is 0.260 e. The van der Waals surface area contributed by atoms with Gasteiger partial charge in [0.2, 0.25) is 5.91 Å². The first-order chi connectivity index (χ1) is 16.3. The normalized spacial score (nSPS) is 12.3. The maximum atomic E-state index is 13.0. The van der Waals surface area contributed by atoms with E-state index in [1.807, 2.05) is 37.4 Å². The van der Waals surface area contributed by atoms with Crippen LogP contribution in [0.25, 0.3) is 21.3 Å². The number of thiophene rings is 1. The average molecular weight is 512 g/mol. The first kappa shape index (κ1) is 24.5. The zero-order valence-corrected chi connectivity index (χ0v) is 21.8. The summed E-state index contributed by atoms with van der Waals surface area (Å²) in [5.41, 5.74) is 4.54. The molecule has 4 rings (SSSR count). The van der Waals surface area contributed by atoms with Crippen molar-refractivity contribution in [1.82, 2.24) is 9.97 Å². The number of rotatable bonds is 7. The number of benzene rings is 2. The molecule has 0 saturated carbocycles. The molecule has 2 heterocycles. The van der Waals surface area contributed by atoms with Gasteiger partial charge in [0.15, 0.2) is 5.16 Å². The van der Waals surface area contributed by atoms with E-state index in [1.54, 1.807) is 12.1 Å². The average Bonchev–Trinajstić information content (AvgIpc) is 3.24. The Morgan fingerprint density at radius 1 is 1.21 bits per heavy atom. The summed E-state index contributed by atoms with van der Waals surface area (Å²) in [6.45, 7) is 8.16. The molecule has 8 heteroatoms. The number of fused-ring (bicyclic) bond motifs is 1. The first-order valence-electron chi connectivity index (χ1n) is 11.1. The van der Waals surface area contributed by atoms with Crippen molar-refractivity contribution in [3.63, 3.8) is 0 Å². The van der Waals surface area contributed by atoms with Gasteiger partial charge in [-0.25, -0.2) is 4.98 Å². The fourth-order valence-electron chi connectivity index (χ4n) is 3.64. The van der Waals surface area contributed by atoms with Gasteiger partial charge in [-0.3, -0.25) is 9.59 Å². The van der Waals surface area contributed by atoms with E-state index < -0.39 is 5.25 Å². The molecule has 34 heavy (non-hydrogen) atoms. The number of aryl methyl sites for hydroxylation is 1. The van der Waals surface area contributed by atoms with Gasteiger partial charge in [-0.05, 0) is 48.1 Å². The molecule has 0 radical (unpaired) electrons. The Kier molecular flexibility index (Phi) is 7.45. The van der Waals surface area contributed by atoms with Crippen LogP contribution < -0.4 is 10.9 Å². The zero-order chi connectivity index (χ0) is 24.4. The van der Waals surface area contributed by atoms with Gasteiger partial charge in [-0.1, -0.05) is 74.5 Å². The summed E-state index contributed by atoms with van der Waals surface area (Å²) in [6, 6.07) is 13.7. The highest BCUT2D eigenvalue weighted by molar-refractivity contribution is 8.00. The number of hydrogen-bond acceptors (Lipinski definition) is 5. The number of carbonyl (C=O) groups is 1. The minimum atomic E-state index is -0.415. The number of nitrogens with zero attached hydrogens (tertiary/aromatic N) is 1. The minimum Gasteiger partial charge on any atom is -0.325 e. The molecule has 1 atom stereocenters. The maximum absolute atomic E-state index is 13.0. The van der Waals surface area contributed by atoms with Crippen LogP contribution in [0.4, 0.5) is 5.69 Å². The lowest BCUT2D eigenvalue weighted by molar-refractivity contribution is -0.115. The molecule has 5 nitrogen and oxygen atoms in total. The van der Waals surface area contributed by atoms with Crippen molar-refractivity contribution in [2.75, 3.05) is 5.32 Å². The van der Waals surface area contributed by atoms with Crippen molar-refractivity contribution < 1.29 is 4.79 Å². The molecule has 0 aliphatic rings. The Bertz CT molecular complexity index is 1390. The Balaban J connectivity index is 1.58. The number of aromatic nitrogens is 2. The molecule has 4 aromatic rings. The minimum absolute atomic E-state index is 0.155.